The van der Waals surface area contributed by atoms with Gasteiger partial charge in [-0.15, -0.1) is 15.3 Å². The van der Waals surface area contributed by atoms with E-state index >= 15 is 0 Å². The quantitative estimate of drug-likeness (QED) is 0.524. The Hall–Kier alpha value is -2.95. The smallest absolute Gasteiger partial charge is 0.430 e. The van der Waals surface area contributed by atoms with Gasteiger partial charge in [0.25, 0.3) is 5.82 Å². The van der Waals surface area contributed by atoms with Gasteiger partial charge in [-0.3, -0.25) is 10.1 Å². The molecule has 2 heterocycles. The number of nitro groups is 1. The molecule has 24 heavy (non-hydrogen) atoms. The highest BCUT2D eigenvalue weighted by atomic mass is 35.5. The second-order valence-corrected chi connectivity index (χ2v) is 4.87. The van der Waals surface area contributed by atoms with Crippen molar-refractivity contribution < 1.29 is 22.8 Å². The van der Waals surface area contributed by atoms with Crippen molar-refractivity contribution in [2.75, 3.05) is 0 Å². The lowest BCUT2D eigenvalue weighted by Gasteiger charge is -2.07. The van der Waals surface area contributed by atoms with E-state index in [1.165, 1.54) is 24.3 Å². The van der Waals surface area contributed by atoms with E-state index in [4.69, 9.17) is 16.3 Å². The Morgan fingerprint density at radius 2 is 1.96 bits per heavy atom. The van der Waals surface area contributed by atoms with Crippen molar-refractivity contribution in [1.29, 1.82) is 0 Å². The minimum atomic E-state index is -4.77. The van der Waals surface area contributed by atoms with Gasteiger partial charge in [0.2, 0.25) is 11.6 Å². The van der Waals surface area contributed by atoms with Crippen LogP contribution in [0.4, 0.5) is 18.9 Å². The maximum Gasteiger partial charge on any atom is 0.453 e. The fraction of sp³-hybridized carbons (Fsp3) is 0.0833. The summed E-state index contributed by atoms with van der Waals surface area (Å²) in [6.45, 7) is 0. The molecule has 0 bridgehead atoms. The van der Waals surface area contributed by atoms with E-state index in [1.807, 2.05) is 0 Å². The maximum atomic E-state index is 12.8. The lowest BCUT2D eigenvalue weighted by molar-refractivity contribution is -0.385. The van der Waals surface area contributed by atoms with E-state index in [0.717, 1.165) is 6.07 Å². The number of hydrogen-bond donors (Lipinski definition) is 0. The third kappa shape index (κ3) is 2.93. The molecule has 124 valence electrons. The second kappa shape index (κ2) is 5.60. The molecule has 0 N–H and O–H groups in total. The number of nitrogens with zero attached hydrogens (tertiary/aromatic N) is 5. The van der Waals surface area contributed by atoms with Crippen molar-refractivity contribution in [1.82, 2.24) is 19.8 Å². The van der Waals surface area contributed by atoms with Crippen LogP contribution >= 0.6 is 11.6 Å². The van der Waals surface area contributed by atoms with Crippen LogP contribution in [0.1, 0.15) is 5.82 Å². The Morgan fingerprint density at radius 3 is 2.62 bits per heavy atom. The Balaban J connectivity index is 2.04. The van der Waals surface area contributed by atoms with Crippen LogP contribution in [0.15, 0.2) is 30.3 Å². The van der Waals surface area contributed by atoms with E-state index in [-0.39, 0.29) is 22.3 Å². The fourth-order valence-electron chi connectivity index (χ4n) is 1.84. The van der Waals surface area contributed by atoms with Gasteiger partial charge < -0.3 is 4.74 Å². The van der Waals surface area contributed by atoms with E-state index < -0.39 is 22.6 Å². The number of fused-ring (bicyclic) bond motifs is 1. The summed E-state index contributed by atoms with van der Waals surface area (Å²) in [6, 6.07) is 6.00. The molecule has 2 aromatic heterocycles. The standard InChI is InChI=1S/C12H5ClF3N5O3/c13-6-1-2-8(7(5-6)21(22)23)24-10-4-3-9-17-18-11(12(14,15)16)20(9)19-10/h1-5H. The zero-order valence-electron chi connectivity index (χ0n) is 11.4. The Labute approximate surface area is 135 Å². The lowest BCUT2D eigenvalue weighted by atomic mass is 10.3. The topological polar surface area (TPSA) is 95.5 Å². The van der Waals surface area contributed by atoms with Gasteiger partial charge in [0.05, 0.1) is 4.92 Å². The van der Waals surface area contributed by atoms with Crippen molar-refractivity contribution in [2.24, 2.45) is 0 Å². The van der Waals surface area contributed by atoms with Crippen LogP contribution in [0, 0.1) is 10.1 Å². The molecule has 0 saturated heterocycles. The minimum Gasteiger partial charge on any atom is -0.430 e. The molecule has 0 fully saturated rings. The first-order valence-corrected chi connectivity index (χ1v) is 6.55. The van der Waals surface area contributed by atoms with E-state index in [1.54, 1.807) is 0 Å². The van der Waals surface area contributed by atoms with Crippen molar-refractivity contribution in [3.63, 3.8) is 0 Å². The number of alkyl halides is 3. The number of aromatic nitrogens is 4. The third-order valence-electron chi connectivity index (χ3n) is 2.82. The summed E-state index contributed by atoms with van der Waals surface area (Å²) in [4.78, 5) is 10.3. The lowest BCUT2D eigenvalue weighted by Crippen LogP contribution is -2.12. The SMILES string of the molecule is O=[N+]([O-])c1cc(Cl)ccc1Oc1ccc2nnc(C(F)(F)F)n2n1. The van der Waals surface area contributed by atoms with Crippen molar-refractivity contribution >= 4 is 22.9 Å². The molecule has 0 aliphatic rings. The molecule has 0 amide bonds. The Morgan fingerprint density at radius 1 is 1.21 bits per heavy atom. The van der Waals surface area contributed by atoms with Gasteiger partial charge in [0.1, 0.15) is 0 Å². The first-order chi connectivity index (χ1) is 11.3. The molecule has 3 rings (SSSR count). The van der Waals surface area contributed by atoms with Gasteiger partial charge in [-0.1, -0.05) is 11.6 Å². The average Bonchev–Trinajstić information content (AvgIpc) is 2.92. The second-order valence-electron chi connectivity index (χ2n) is 4.43. The highest BCUT2D eigenvalue weighted by Gasteiger charge is 2.37. The molecular weight excluding hydrogens is 355 g/mol. The predicted molar refractivity (Wildman–Crippen MR) is 74.0 cm³/mol. The van der Waals surface area contributed by atoms with Crippen molar-refractivity contribution in [2.45, 2.75) is 6.18 Å². The molecule has 0 saturated carbocycles. The zero-order valence-corrected chi connectivity index (χ0v) is 12.1. The van der Waals surface area contributed by atoms with Crippen LogP contribution in [-0.2, 0) is 6.18 Å². The molecule has 1 aromatic carbocycles. The van der Waals surface area contributed by atoms with Gasteiger partial charge in [-0.05, 0) is 18.2 Å². The summed E-state index contributed by atoms with van der Waals surface area (Å²) in [6.07, 6.45) is -4.77. The normalized spacial score (nSPS) is 11.7. The van der Waals surface area contributed by atoms with E-state index in [9.17, 15) is 23.3 Å². The van der Waals surface area contributed by atoms with Gasteiger partial charge in [-0.2, -0.15) is 17.7 Å². The van der Waals surface area contributed by atoms with Gasteiger partial charge in [-0.25, -0.2) is 0 Å². The number of benzene rings is 1. The highest BCUT2D eigenvalue weighted by Crippen LogP contribution is 2.33. The van der Waals surface area contributed by atoms with Gasteiger partial charge in [0, 0.05) is 17.2 Å². The number of nitro benzene ring substituents is 1. The molecule has 0 atom stereocenters. The average molecular weight is 360 g/mol. The number of halogens is 4. The first-order valence-electron chi connectivity index (χ1n) is 6.17. The van der Waals surface area contributed by atoms with E-state index in [2.05, 4.69) is 15.3 Å². The maximum absolute atomic E-state index is 12.8. The molecule has 12 heteroatoms. The van der Waals surface area contributed by atoms with Crippen LogP contribution < -0.4 is 4.74 Å². The number of rotatable bonds is 3. The molecule has 3 aromatic rings. The summed E-state index contributed by atoms with van der Waals surface area (Å²) < 4.78 is 44.1. The van der Waals surface area contributed by atoms with E-state index in [0.29, 0.717) is 4.52 Å². The molecular formula is C12H5ClF3N5O3. The van der Waals surface area contributed by atoms with Crippen LogP contribution in [-0.4, -0.2) is 24.7 Å². The van der Waals surface area contributed by atoms with Crippen LogP contribution in [0.3, 0.4) is 0 Å². The molecule has 0 unspecified atom stereocenters. The Kier molecular flexibility index (Phi) is 3.72. The molecule has 0 spiro atoms. The molecule has 0 radical (unpaired) electrons. The monoisotopic (exact) mass is 359 g/mol. The van der Waals surface area contributed by atoms with Crippen LogP contribution in [0.5, 0.6) is 11.6 Å². The van der Waals surface area contributed by atoms with Crippen molar-refractivity contribution in [3.8, 4) is 11.6 Å². The predicted octanol–water partition coefficient (Wildman–Crippen LogP) is 3.50. The summed E-state index contributed by atoms with van der Waals surface area (Å²) in [7, 11) is 0. The number of ether oxygens (including phenoxy) is 1. The first kappa shape index (κ1) is 15.9. The van der Waals surface area contributed by atoms with Gasteiger partial charge in [0.15, 0.2) is 5.65 Å². The molecule has 8 nitrogen and oxygen atoms in total. The zero-order chi connectivity index (χ0) is 17.5. The van der Waals surface area contributed by atoms with Crippen molar-refractivity contribution in [3.05, 3.63) is 51.3 Å². The summed E-state index contributed by atoms with van der Waals surface area (Å²) in [5.41, 5.74) is -0.607. The van der Waals surface area contributed by atoms with Crippen LogP contribution in [0.25, 0.3) is 5.65 Å². The molecule has 0 aliphatic heterocycles. The fourth-order valence-corrected chi connectivity index (χ4v) is 2.00. The summed E-state index contributed by atoms with van der Waals surface area (Å²) in [5.74, 6) is -1.87. The third-order valence-corrected chi connectivity index (χ3v) is 3.06. The molecule has 0 aliphatic carbocycles. The minimum absolute atomic E-state index is 0.107. The van der Waals surface area contributed by atoms with Gasteiger partial charge >= 0.3 is 11.9 Å². The summed E-state index contributed by atoms with van der Waals surface area (Å²) in [5, 5.41) is 21.1. The number of hydrogen-bond acceptors (Lipinski definition) is 6. The van der Waals surface area contributed by atoms with Crippen LogP contribution in [0.2, 0.25) is 5.02 Å². The highest BCUT2D eigenvalue weighted by molar-refractivity contribution is 6.30. The summed E-state index contributed by atoms with van der Waals surface area (Å²) >= 11 is 5.68. The Bertz CT molecular complexity index is 943. The largest absolute Gasteiger partial charge is 0.453 e.